The Morgan fingerprint density at radius 2 is 1.92 bits per heavy atom. The molecule has 1 fully saturated rings. The first-order valence-electron chi connectivity index (χ1n) is 8.69. The summed E-state index contributed by atoms with van der Waals surface area (Å²) in [5.41, 5.74) is 3.61. The maximum absolute atomic E-state index is 12.4. The average molecular weight is 340 g/mol. The molecule has 0 aromatic heterocycles. The second-order valence-electron chi connectivity index (χ2n) is 5.89. The van der Waals surface area contributed by atoms with E-state index in [1.54, 1.807) is 0 Å². The van der Waals surface area contributed by atoms with Gasteiger partial charge in [0.05, 0.1) is 31.1 Å². The molecule has 0 radical (unpaired) electrons. The highest BCUT2D eigenvalue weighted by Crippen LogP contribution is 2.26. The predicted octanol–water partition coefficient (Wildman–Crippen LogP) is 3.31. The monoisotopic (exact) mass is 340 g/mol. The Kier molecular flexibility index (Phi) is 5.90. The van der Waals surface area contributed by atoms with Gasteiger partial charge in [0, 0.05) is 25.3 Å². The first-order valence-corrected chi connectivity index (χ1v) is 8.69. The van der Waals surface area contributed by atoms with Gasteiger partial charge in [-0.3, -0.25) is 0 Å². The third-order valence-corrected chi connectivity index (χ3v) is 4.18. The molecular weight excluding hydrogens is 316 g/mol. The second-order valence-corrected chi connectivity index (χ2v) is 5.89. The number of hydrogen-bond donors (Lipinski definition) is 1. The van der Waals surface area contributed by atoms with Crippen molar-refractivity contribution >= 4 is 17.3 Å². The maximum atomic E-state index is 12.4. The molecule has 0 atom stereocenters. The van der Waals surface area contributed by atoms with Crippen LogP contribution in [-0.4, -0.2) is 38.9 Å². The molecule has 0 unspecified atom stereocenters. The summed E-state index contributed by atoms with van der Waals surface area (Å²) in [5, 5.41) is 3.38. The van der Waals surface area contributed by atoms with Crippen LogP contribution in [-0.2, 0) is 16.0 Å². The number of hydrogen-bond acceptors (Lipinski definition) is 5. The van der Waals surface area contributed by atoms with Crippen molar-refractivity contribution in [2.45, 2.75) is 13.5 Å². The minimum absolute atomic E-state index is 0.285. The summed E-state index contributed by atoms with van der Waals surface area (Å²) in [5.74, 6) is -0.285. The highest BCUT2D eigenvalue weighted by atomic mass is 16.5. The molecule has 0 amide bonds. The molecule has 1 aliphatic heterocycles. The number of esters is 1. The third-order valence-electron chi connectivity index (χ3n) is 4.18. The van der Waals surface area contributed by atoms with Crippen LogP contribution in [0.15, 0.2) is 48.5 Å². The van der Waals surface area contributed by atoms with Crippen molar-refractivity contribution in [1.29, 1.82) is 0 Å². The average Bonchev–Trinajstić information content (AvgIpc) is 2.68. The molecular formula is C20H24N2O3. The molecule has 2 aromatic rings. The molecule has 0 spiro atoms. The zero-order valence-electron chi connectivity index (χ0n) is 14.5. The number of nitrogens with zero attached hydrogens (tertiary/aromatic N) is 1. The lowest BCUT2D eigenvalue weighted by atomic mass is 10.1. The van der Waals surface area contributed by atoms with Gasteiger partial charge in [-0.1, -0.05) is 30.3 Å². The Morgan fingerprint density at radius 3 is 2.64 bits per heavy atom. The quantitative estimate of drug-likeness (QED) is 0.818. The number of carbonyl (C=O) groups is 1. The van der Waals surface area contributed by atoms with Crippen molar-refractivity contribution in [2.24, 2.45) is 0 Å². The Hall–Kier alpha value is -2.53. The molecule has 1 heterocycles. The molecule has 1 aliphatic rings. The summed E-state index contributed by atoms with van der Waals surface area (Å²) in [6.07, 6.45) is 0. The molecule has 1 N–H and O–H groups in total. The van der Waals surface area contributed by atoms with Crippen molar-refractivity contribution < 1.29 is 14.3 Å². The Morgan fingerprint density at radius 1 is 1.16 bits per heavy atom. The number of rotatable bonds is 6. The number of carbonyl (C=O) groups excluding carboxylic acids is 1. The van der Waals surface area contributed by atoms with E-state index >= 15 is 0 Å². The van der Waals surface area contributed by atoms with E-state index in [4.69, 9.17) is 9.47 Å². The van der Waals surface area contributed by atoms with E-state index in [1.807, 2.05) is 43.3 Å². The van der Waals surface area contributed by atoms with E-state index in [0.29, 0.717) is 31.9 Å². The number of nitrogens with one attached hydrogen (secondary N) is 1. The van der Waals surface area contributed by atoms with Gasteiger partial charge in [-0.2, -0.15) is 0 Å². The fourth-order valence-corrected chi connectivity index (χ4v) is 2.90. The molecule has 0 bridgehead atoms. The zero-order chi connectivity index (χ0) is 17.5. The molecule has 132 valence electrons. The predicted molar refractivity (Wildman–Crippen MR) is 99.2 cm³/mol. The SMILES string of the molecule is CCOC(=O)c1cc(NCc2ccccc2)ccc1N1CCOCC1. The van der Waals surface area contributed by atoms with Gasteiger partial charge < -0.3 is 19.7 Å². The van der Waals surface area contributed by atoms with Gasteiger partial charge in [0.2, 0.25) is 0 Å². The molecule has 3 rings (SSSR count). The van der Waals surface area contributed by atoms with Gasteiger partial charge in [0.25, 0.3) is 0 Å². The summed E-state index contributed by atoms with van der Waals surface area (Å²) in [6.45, 7) is 5.81. The van der Waals surface area contributed by atoms with Gasteiger partial charge in [-0.25, -0.2) is 4.79 Å². The van der Waals surface area contributed by atoms with Gasteiger partial charge in [0.1, 0.15) is 0 Å². The topological polar surface area (TPSA) is 50.8 Å². The van der Waals surface area contributed by atoms with E-state index in [2.05, 4.69) is 22.3 Å². The van der Waals surface area contributed by atoms with Gasteiger partial charge >= 0.3 is 5.97 Å². The van der Waals surface area contributed by atoms with Crippen LogP contribution in [0, 0.1) is 0 Å². The molecule has 2 aromatic carbocycles. The highest BCUT2D eigenvalue weighted by Gasteiger charge is 2.20. The second kappa shape index (κ2) is 8.53. The molecule has 5 heteroatoms. The van der Waals surface area contributed by atoms with Crippen LogP contribution in [0.3, 0.4) is 0 Å². The van der Waals surface area contributed by atoms with Crippen LogP contribution in [0.2, 0.25) is 0 Å². The standard InChI is InChI=1S/C20H24N2O3/c1-2-25-20(23)18-14-17(21-15-16-6-4-3-5-7-16)8-9-19(18)22-10-12-24-13-11-22/h3-9,14,21H,2,10-13,15H2,1H3. The van der Waals surface area contributed by atoms with E-state index in [0.717, 1.165) is 24.5 Å². The Bertz CT molecular complexity index is 697. The smallest absolute Gasteiger partial charge is 0.340 e. The Labute approximate surface area is 148 Å². The summed E-state index contributed by atoms with van der Waals surface area (Å²) >= 11 is 0. The maximum Gasteiger partial charge on any atom is 0.340 e. The van der Waals surface area contributed by atoms with Crippen molar-refractivity contribution in [2.75, 3.05) is 43.1 Å². The number of anilines is 2. The highest BCUT2D eigenvalue weighted by molar-refractivity contribution is 5.97. The Balaban J connectivity index is 1.80. The van der Waals surface area contributed by atoms with Crippen LogP contribution in [0.5, 0.6) is 0 Å². The third kappa shape index (κ3) is 4.51. The van der Waals surface area contributed by atoms with Crippen LogP contribution >= 0.6 is 0 Å². The zero-order valence-corrected chi connectivity index (χ0v) is 14.5. The first kappa shape index (κ1) is 17.3. The van der Waals surface area contributed by atoms with Crippen molar-refractivity contribution in [3.63, 3.8) is 0 Å². The number of benzene rings is 2. The van der Waals surface area contributed by atoms with E-state index in [9.17, 15) is 4.79 Å². The normalized spacial score (nSPS) is 14.2. The van der Waals surface area contributed by atoms with Crippen LogP contribution in [0.4, 0.5) is 11.4 Å². The minimum Gasteiger partial charge on any atom is -0.462 e. The van der Waals surface area contributed by atoms with E-state index < -0.39 is 0 Å². The summed E-state index contributed by atoms with van der Waals surface area (Å²) in [4.78, 5) is 14.6. The van der Waals surface area contributed by atoms with Gasteiger partial charge in [0.15, 0.2) is 0 Å². The fraction of sp³-hybridized carbons (Fsp3) is 0.350. The molecule has 25 heavy (non-hydrogen) atoms. The summed E-state index contributed by atoms with van der Waals surface area (Å²) in [7, 11) is 0. The van der Waals surface area contributed by atoms with Crippen molar-refractivity contribution in [1.82, 2.24) is 0 Å². The van der Waals surface area contributed by atoms with Gasteiger partial charge in [-0.15, -0.1) is 0 Å². The summed E-state index contributed by atoms with van der Waals surface area (Å²) in [6, 6.07) is 16.1. The molecule has 1 saturated heterocycles. The molecule has 0 aliphatic carbocycles. The van der Waals surface area contributed by atoms with E-state index in [-0.39, 0.29) is 5.97 Å². The lowest BCUT2D eigenvalue weighted by Gasteiger charge is -2.30. The lowest BCUT2D eigenvalue weighted by molar-refractivity contribution is 0.0526. The van der Waals surface area contributed by atoms with Crippen molar-refractivity contribution in [3.8, 4) is 0 Å². The minimum atomic E-state index is -0.285. The first-order chi connectivity index (χ1) is 12.3. The largest absolute Gasteiger partial charge is 0.462 e. The van der Waals surface area contributed by atoms with Gasteiger partial charge in [-0.05, 0) is 30.7 Å². The molecule has 5 nitrogen and oxygen atoms in total. The number of morpholine rings is 1. The molecule has 0 saturated carbocycles. The van der Waals surface area contributed by atoms with Crippen LogP contribution in [0.1, 0.15) is 22.8 Å². The number of ether oxygens (including phenoxy) is 2. The van der Waals surface area contributed by atoms with Crippen LogP contribution in [0.25, 0.3) is 0 Å². The van der Waals surface area contributed by atoms with E-state index in [1.165, 1.54) is 5.56 Å². The summed E-state index contributed by atoms with van der Waals surface area (Å²) < 4.78 is 10.7. The lowest BCUT2D eigenvalue weighted by Crippen LogP contribution is -2.37. The van der Waals surface area contributed by atoms with Crippen molar-refractivity contribution in [3.05, 3.63) is 59.7 Å². The van der Waals surface area contributed by atoms with Crippen LogP contribution < -0.4 is 10.2 Å². The fourth-order valence-electron chi connectivity index (χ4n) is 2.90.